The van der Waals surface area contributed by atoms with E-state index < -0.39 is 6.04 Å². The first-order valence-electron chi connectivity index (χ1n) is 10.9. The van der Waals surface area contributed by atoms with E-state index in [2.05, 4.69) is 5.32 Å². The highest BCUT2D eigenvalue weighted by atomic mass is 35.5. The average Bonchev–Trinajstić information content (AvgIpc) is 3.23. The molecule has 0 aromatic heterocycles. The zero-order valence-electron chi connectivity index (χ0n) is 18.1. The molecule has 31 heavy (non-hydrogen) atoms. The number of hydrogen-bond donors (Lipinski definition) is 1. The molecular formula is C22H30Cl2N4O3. The number of urea groups is 1. The van der Waals surface area contributed by atoms with Crippen molar-refractivity contribution in [2.75, 3.05) is 38.0 Å². The summed E-state index contributed by atoms with van der Waals surface area (Å²) in [6.45, 7) is 7.00. The predicted octanol–water partition coefficient (Wildman–Crippen LogP) is 4.10. The molecule has 170 valence electrons. The third kappa shape index (κ3) is 5.63. The molecular weight excluding hydrogens is 439 g/mol. The number of benzene rings is 1. The smallest absolute Gasteiger partial charge is 0.319 e. The Labute approximate surface area is 193 Å². The molecule has 1 atom stereocenters. The highest BCUT2D eigenvalue weighted by Gasteiger charge is 2.38. The molecule has 2 aliphatic rings. The molecule has 9 heteroatoms. The Morgan fingerprint density at radius 3 is 2.19 bits per heavy atom. The molecule has 2 heterocycles. The summed E-state index contributed by atoms with van der Waals surface area (Å²) in [5.41, 5.74) is 0.519. The summed E-state index contributed by atoms with van der Waals surface area (Å²) < 4.78 is 0. The number of halogens is 2. The molecule has 0 spiro atoms. The zero-order valence-corrected chi connectivity index (χ0v) is 19.6. The summed E-state index contributed by atoms with van der Waals surface area (Å²) in [5, 5.41) is 3.72. The lowest BCUT2D eigenvalue weighted by molar-refractivity contribution is -0.141. The van der Waals surface area contributed by atoms with E-state index in [1.165, 1.54) is 0 Å². The minimum atomic E-state index is -0.499. The van der Waals surface area contributed by atoms with Gasteiger partial charge in [-0.3, -0.25) is 9.59 Å². The van der Waals surface area contributed by atoms with E-state index in [9.17, 15) is 14.4 Å². The Kier molecular flexibility index (Phi) is 8.06. The second-order valence-electron chi connectivity index (χ2n) is 8.05. The fourth-order valence-electron chi connectivity index (χ4n) is 4.40. The van der Waals surface area contributed by atoms with Gasteiger partial charge >= 0.3 is 6.03 Å². The number of piperidine rings is 1. The van der Waals surface area contributed by atoms with E-state index in [0.717, 1.165) is 6.42 Å². The third-order valence-corrected chi connectivity index (χ3v) is 6.55. The maximum Gasteiger partial charge on any atom is 0.319 e. The Morgan fingerprint density at radius 1 is 1.00 bits per heavy atom. The molecule has 7 nitrogen and oxygen atoms in total. The summed E-state index contributed by atoms with van der Waals surface area (Å²) in [5.74, 6) is -0.371. The number of amides is 4. The normalized spacial score (nSPS) is 19.4. The first-order chi connectivity index (χ1) is 14.8. The minimum Gasteiger partial charge on any atom is -0.330 e. The number of hydrogen-bond acceptors (Lipinski definition) is 3. The molecule has 1 aromatic carbocycles. The van der Waals surface area contributed by atoms with Crippen molar-refractivity contribution in [2.24, 2.45) is 5.92 Å². The Hall–Kier alpha value is -1.99. The standard InChI is InChI=1S/C22H30Cl2N4O3/c1-3-26(4-2)22(31)27-10-7-15(8-11-27)21(30)28-9-5-6-19(28)20(29)25-18-13-16(23)12-17(24)14-18/h12-15,19H,3-11H2,1-2H3,(H,25,29). The maximum atomic E-state index is 13.2. The zero-order chi connectivity index (χ0) is 22.5. The number of nitrogens with zero attached hydrogens (tertiary/aromatic N) is 3. The second-order valence-corrected chi connectivity index (χ2v) is 8.93. The number of rotatable bonds is 5. The van der Waals surface area contributed by atoms with Gasteiger partial charge in [-0.05, 0) is 57.7 Å². The van der Waals surface area contributed by atoms with Crippen molar-refractivity contribution in [2.45, 2.75) is 45.6 Å². The van der Waals surface area contributed by atoms with Gasteiger partial charge in [-0.15, -0.1) is 0 Å². The van der Waals surface area contributed by atoms with Crippen molar-refractivity contribution in [1.82, 2.24) is 14.7 Å². The van der Waals surface area contributed by atoms with Crippen molar-refractivity contribution >= 4 is 46.7 Å². The van der Waals surface area contributed by atoms with E-state index in [-0.39, 0.29) is 23.8 Å². The van der Waals surface area contributed by atoms with Crippen molar-refractivity contribution in [3.8, 4) is 0 Å². The van der Waals surface area contributed by atoms with Gasteiger partial charge in [-0.2, -0.15) is 0 Å². The lowest BCUT2D eigenvalue weighted by Gasteiger charge is -2.36. The van der Waals surface area contributed by atoms with Crippen molar-refractivity contribution in [3.63, 3.8) is 0 Å². The number of carbonyl (C=O) groups excluding carboxylic acids is 3. The van der Waals surface area contributed by atoms with Crippen LogP contribution in [-0.4, -0.2) is 71.3 Å². The van der Waals surface area contributed by atoms with E-state index in [1.807, 2.05) is 18.7 Å². The fraction of sp³-hybridized carbons (Fsp3) is 0.591. The van der Waals surface area contributed by atoms with Gasteiger partial charge in [0.25, 0.3) is 0 Å². The molecule has 1 N–H and O–H groups in total. The van der Waals surface area contributed by atoms with Gasteiger partial charge in [-0.1, -0.05) is 23.2 Å². The summed E-state index contributed by atoms with van der Waals surface area (Å²) in [6, 6.07) is 4.40. The molecule has 2 saturated heterocycles. The van der Waals surface area contributed by atoms with Gasteiger partial charge in [0.05, 0.1) is 0 Å². The van der Waals surface area contributed by atoms with E-state index in [0.29, 0.717) is 67.7 Å². The van der Waals surface area contributed by atoms with Crippen LogP contribution in [-0.2, 0) is 9.59 Å². The van der Waals surface area contributed by atoms with Crippen molar-refractivity contribution < 1.29 is 14.4 Å². The van der Waals surface area contributed by atoms with Crippen LogP contribution in [0.25, 0.3) is 0 Å². The van der Waals surface area contributed by atoms with Gasteiger partial charge < -0.3 is 20.0 Å². The average molecular weight is 469 g/mol. The van der Waals surface area contributed by atoms with Crippen LogP contribution in [0.15, 0.2) is 18.2 Å². The Balaban J connectivity index is 1.58. The Morgan fingerprint density at radius 2 is 1.61 bits per heavy atom. The first kappa shape index (κ1) is 23.7. The quantitative estimate of drug-likeness (QED) is 0.706. The van der Waals surface area contributed by atoms with Gasteiger partial charge in [0.1, 0.15) is 6.04 Å². The van der Waals surface area contributed by atoms with Gasteiger partial charge in [0.2, 0.25) is 11.8 Å². The number of carbonyl (C=O) groups is 3. The largest absolute Gasteiger partial charge is 0.330 e. The molecule has 0 bridgehead atoms. The Bertz CT molecular complexity index is 803. The minimum absolute atomic E-state index is 0.0108. The highest BCUT2D eigenvalue weighted by molar-refractivity contribution is 6.35. The lowest BCUT2D eigenvalue weighted by atomic mass is 9.95. The van der Waals surface area contributed by atoms with Crippen LogP contribution in [0, 0.1) is 5.92 Å². The number of anilines is 1. The maximum absolute atomic E-state index is 13.2. The van der Waals surface area contributed by atoms with Crippen LogP contribution in [0.1, 0.15) is 39.5 Å². The molecule has 3 rings (SSSR count). The molecule has 0 radical (unpaired) electrons. The van der Waals surface area contributed by atoms with E-state index in [4.69, 9.17) is 23.2 Å². The van der Waals surface area contributed by atoms with Crippen LogP contribution < -0.4 is 5.32 Å². The molecule has 0 aliphatic carbocycles. The van der Waals surface area contributed by atoms with Crippen LogP contribution >= 0.6 is 23.2 Å². The van der Waals surface area contributed by atoms with Crippen LogP contribution in [0.2, 0.25) is 10.0 Å². The number of nitrogens with one attached hydrogen (secondary N) is 1. The summed E-state index contributed by atoms with van der Waals surface area (Å²) in [6.07, 6.45) is 2.67. The first-order valence-corrected chi connectivity index (χ1v) is 11.7. The summed E-state index contributed by atoms with van der Waals surface area (Å²) in [7, 11) is 0. The fourth-order valence-corrected chi connectivity index (χ4v) is 4.93. The van der Waals surface area contributed by atoms with E-state index >= 15 is 0 Å². The molecule has 2 fully saturated rings. The van der Waals surface area contributed by atoms with Crippen LogP contribution in [0.3, 0.4) is 0 Å². The lowest BCUT2D eigenvalue weighted by Crippen LogP contribution is -2.50. The molecule has 2 aliphatic heterocycles. The SMILES string of the molecule is CCN(CC)C(=O)N1CCC(C(=O)N2CCCC2C(=O)Nc2cc(Cl)cc(Cl)c2)CC1. The van der Waals surface area contributed by atoms with Crippen LogP contribution in [0.5, 0.6) is 0 Å². The predicted molar refractivity (Wildman–Crippen MR) is 122 cm³/mol. The van der Waals surface area contributed by atoms with E-state index in [1.54, 1.807) is 28.0 Å². The van der Waals surface area contributed by atoms with Gasteiger partial charge in [0.15, 0.2) is 0 Å². The molecule has 4 amide bonds. The molecule has 0 saturated carbocycles. The molecule has 1 unspecified atom stereocenters. The van der Waals surface area contributed by atoms with Gasteiger partial charge in [-0.25, -0.2) is 4.79 Å². The second kappa shape index (κ2) is 10.6. The third-order valence-electron chi connectivity index (χ3n) is 6.12. The molecule has 1 aromatic rings. The topological polar surface area (TPSA) is 73.0 Å². The van der Waals surface area contributed by atoms with Crippen molar-refractivity contribution in [1.29, 1.82) is 0 Å². The monoisotopic (exact) mass is 468 g/mol. The van der Waals surface area contributed by atoms with Crippen molar-refractivity contribution in [3.05, 3.63) is 28.2 Å². The van der Waals surface area contributed by atoms with Gasteiger partial charge in [0, 0.05) is 54.4 Å². The summed E-state index contributed by atoms with van der Waals surface area (Å²) in [4.78, 5) is 43.9. The van der Waals surface area contributed by atoms with Crippen LogP contribution in [0.4, 0.5) is 10.5 Å². The number of likely N-dealkylation sites (tertiary alicyclic amines) is 2. The highest BCUT2D eigenvalue weighted by Crippen LogP contribution is 2.28. The summed E-state index contributed by atoms with van der Waals surface area (Å²) >= 11 is 12.0.